The molecule has 1 N–H and O–H groups in total. The number of benzene rings is 1. The van der Waals surface area contributed by atoms with E-state index in [1.165, 1.54) is 0 Å². The first-order chi connectivity index (χ1) is 6.81. The molecule has 0 radical (unpaired) electrons. The Bertz CT molecular complexity index is 466. The number of hydrogen-bond donors (Lipinski definition) is 1. The number of nitrogens with zero attached hydrogens (tertiary/aromatic N) is 2. The van der Waals surface area contributed by atoms with Gasteiger partial charge in [0.1, 0.15) is 6.54 Å². The summed E-state index contributed by atoms with van der Waals surface area (Å²) in [6, 6.07) is 7.73. The summed E-state index contributed by atoms with van der Waals surface area (Å²) >= 11 is 1.83. The van der Waals surface area contributed by atoms with Crippen LogP contribution in [0.3, 0.4) is 0 Å². The molecule has 1 amide bonds. The van der Waals surface area contributed by atoms with Crippen molar-refractivity contribution in [3.8, 4) is 0 Å². The molecule has 0 bridgehead atoms. The summed E-state index contributed by atoms with van der Waals surface area (Å²) in [7, 11) is 0. The summed E-state index contributed by atoms with van der Waals surface area (Å²) in [5.41, 5.74) is 1.89. The molecule has 0 unspecified atom stereocenters. The minimum Gasteiger partial charge on any atom is -0.321 e. The Morgan fingerprint density at radius 2 is 2.29 bits per heavy atom. The average Bonchev–Trinajstić information content (AvgIpc) is 2.62. The lowest BCUT2D eigenvalue weighted by Crippen LogP contribution is -2.18. The van der Waals surface area contributed by atoms with Gasteiger partial charge in [-0.2, -0.15) is 0 Å². The van der Waals surface area contributed by atoms with Gasteiger partial charge < -0.3 is 4.57 Å². The summed E-state index contributed by atoms with van der Waals surface area (Å²) in [5.74, 6) is -0.0336. The number of para-hydroxylation sites is 2. The second-order valence-electron chi connectivity index (χ2n) is 2.88. The molecular formula is C9H8IN3O. The molecule has 2 aromatic rings. The monoisotopic (exact) mass is 301 g/mol. The molecule has 2 rings (SSSR count). The topological polar surface area (TPSA) is 46.9 Å². The minimum atomic E-state index is -0.0336. The first kappa shape index (κ1) is 9.45. The Morgan fingerprint density at radius 1 is 1.50 bits per heavy atom. The van der Waals surface area contributed by atoms with Crippen molar-refractivity contribution < 1.29 is 4.79 Å². The van der Waals surface area contributed by atoms with Crippen LogP contribution in [0.4, 0.5) is 0 Å². The maximum atomic E-state index is 11.2. The third kappa shape index (κ3) is 1.72. The second kappa shape index (κ2) is 3.95. The number of carbonyl (C=O) groups excluding carboxylic acids is 1. The molecule has 0 saturated carbocycles. The summed E-state index contributed by atoms with van der Waals surface area (Å²) in [4.78, 5) is 15.3. The van der Waals surface area contributed by atoms with Gasteiger partial charge in [0.2, 0.25) is 5.91 Å². The lowest BCUT2D eigenvalue weighted by molar-refractivity contribution is -0.119. The molecule has 1 aromatic heterocycles. The Labute approximate surface area is 94.8 Å². The zero-order valence-corrected chi connectivity index (χ0v) is 9.43. The van der Waals surface area contributed by atoms with E-state index in [4.69, 9.17) is 0 Å². The van der Waals surface area contributed by atoms with Crippen molar-refractivity contribution in [2.45, 2.75) is 6.54 Å². The van der Waals surface area contributed by atoms with Crippen molar-refractivity contribution in [3.05, 3.63) is 30.6 Å². The van der Waals surface area contributed by atoms with Crippen LogP contribution in [0.5, 0.6) is 0 Å². The SMILES string of the molecule is O=C(Cn1cnc2ccccc21)NI. The van der Waals surface area contributed by atoms with Crippen LogP contribution in [0, 0.1) is 0 Å². The van der Waals surface area contributed by atoms with Crippen LogP contribution in [0.1, 0.15) is 0 Å². The Balaban J connectivity index is 2.38. The fraction of sp³-hybridized carbons (Fsp3) is 0.111. The number of hydrogen-bond acceptors (Lipinski definition) is 2. The van der Waals surface area contributed by atoms with Gasteiger partial charge >= 0.3 is 0 Å². The summed E-state index contributed by atoms with van der Waals surface area (Å²) in [6.07, 6.45) is 1.68. The van der Waals surface area contributed by atoms with Gasteiger partial charge in [-0.1, -0.05) is 12.1 Å². The molecule has 1 aromatic carbocycles. The van der Waals surface area contributed by atoms with E-state index in [0.717, 1.165) is 11.0 Å². The van der Waals surface area contributed by atoms with Crippen LogP contribution < -0.4 is 3.53 Å². The molecule has 4 nitrogen and oxygen atoms in total. The molecule has 72 valence electrons. The number of carbonyl (C=O) groups is 1. The standard InChI is InChI=1S/C9H8IN3O/c10-12-9(14)5-13-6-11-7-3-1-2-4-8(7)13/h1-4,6H,5H2,(H,12,14). The van der Waals surface area contributed by atoms with E-state index in [-0.39, 0.29) is 5.91 Å². The van der Waals surface area contributed by atoms with E-state index < -0.39 is 0 Å². The highest BCUT2D eigenvalue weighted by Gasteiger charge is 2.04. The van der Waals surface area contributed by atoms with Crippen molar-refractivity contribution in [2.75, 3.05) is 0 Å². The van der Waals surface area contributed by atoms with Crippen LogP contribution in [0.25, 0.3) is 11.0 Å². The molecule has 5 heteroatoms. The number of amides is 1. The largest absolute Gasteiger partial charge is 0.321 e. The van der Waals surface area contributed by atoms with E-state index in [2.05, 4.69) is 8.51 Å². The van der Waals surface area contributed by atoms with E-state index in [0.29, 0.717) is 6.54 Å². The van der Waals surface area contributed by atoms with E-state index >= 15 is 0 Å². The highest BCUT2D eigenvalue weighted by atomic mass is 127. The normalized spacial score (nSPS) is 10.4. The summed E-state index contributed by atoms with van der Waals surface area (Å²) < 4.78 is 4.37. The lowest BCUT2D eigenvalue weighted by Gasteiger charge is -2.00. The lowest BCUT2D eigenvalue weighted by atomic mass is 10.3. The fourth-order valence-corrected chi connectivity index (χ4v) is 1.49. The van der Waals surface area contributed by atoms with Gasteiger partial charge in [-0.05, 0) is 12.1 Å². The van der Waals surface area contributed by atoms with Gasteiger partial charge in [0.05, 0.1) is 40.2 Å². The van der Waals surface area contributed by atoms with Crippen molar-refractivity contribution >= 4 is 39.8 Å². The van der Waals surface area contributed by atoms with Gasteiger partial charge in [-0.3, -0.25) is 8.32 Å². The second-order valence-corrected chi connectivity index (χ2v) is 3.42. The third-order valence-corrected chi connectivity index (χ3v) is 2.55. The number of fused-ring (bicyclic) bond motifs is 1. The number of imidazole rings is 1. The molecule has 0 aliphatic rings. The van der Waals surface area contributed by atoms with Crippen molar-refractivity contribution in [2.24, 2.45) is 0 Å². The average molecular weight is 301 g/mol. The molecule has 0 aliphatic carbocycles. The van der Waals surface area contributed by atoms with E-state index in [9.17, 15) is 4.79 Å². The Kier molecular flexibility index (Phi) is 2.67. The van der Waals surface area contributed by atoms with Crippen LogP contribution in [0.15, 0.2) is 30.6 Å². The van der Waals surface area contributed by atoms with Crippen molar-refractivity contribution in [1.82, 2.24) is 13.1 Å². The zero-order valence-electron chi connectivity index (χ0n) is 7.27. The zero-order chi connectivity index (χ0) is 9.97. The molecule has 0 spiro atoms. The fourth-order valence-electron chi connectivity index (χ4n) is 1.32. The Morgan fingerprint density at radius 3 is 3.07 bits per heavy atom. The minimum absolute atomic E-state index is 0.0336. The van der Waals surface area contributed by atoms with Gasteiger partial charge in [-0.25, -0.2) is 4.98 Å². The number of halogens is 1. The van der Waals surface area contributed by atoms with E-state index in [1.807, 2.05) is 51.7 Å². The van der Waals surface area contributed by atoms with Gasteiger partial charge in [-0.15, -0.1) is 0 Å². The van der Waals surface area contributed by atoms with Crippen LogP contribution in [-0.4, -0.2) is 15.5 Å². The van der Waals surface area contributed by atoms with Gasteiger partial charge in [0, 0.05) is 0 Å². The maximum absolute atomic E-state index is 11.2. The predicted molar refractivity (Wildman–Crippen MR) is 61.9 cm³/mol. The molecule has 0 aliphatic heterocycles. The number of nitrogens with one attached hydrogen (secondary N) is 1. The molecule has 0 saturated heterocycles. The highest BCUT2D eigenvalue weighted by molar-refractivity contribution is 14.1. The third-order valence-electron chi connectivity index (χ3n) is 1.95. The van der Waals surface area contributed by atoms with Crippen molar-refractivity contribution in [1.29, 1.82) is 0 Å². The molecule has 0 atom stereocenters. The number of aromatic nitrogens is 2. The first-order valence-corrected chi connectivity index (χ1v) is 5.18. The summed E-state index contributed by atoms with van der Waals surface area (Å²) in [6.45, 7) is 0.309. The predicted octanol–water partition coefficient (Wildman–Crippen LogP) is 1.50. The van der Waals surface area contributed by atoms with E-state index in [1.54, 1.807) is 6.33 Å². The van der Waals surface area contributed by atoms with Gasteiger partial charge in [0.25, 0.3) is 0 Å². The molecule has 1 heterocycles. The first-order valence-electron chi connectivity index (χ1n) is 4.10. The Hall–Kier alpha value is -1.11. The maximum Gasteiger partial charge on any atom is 0.248 e. The molecule has 14 heavy (non-hydrogen) atoms. The van der Waals surface area contributed by atoms with Crippen molar-refractivity contribution in [3.63, 3.8) is 0 Å². The summed E-state index contributed by atoms with van der Waals surface area (Å²) in [5, 5.41) is 0. The number of rotatable bonds is 2. The van der Waals surface area contributed by atoms with Gasteiger partial charge in [0.15, 0.2) is 0 Å². The quantitative estimate of drug-likeness (QED) is 0.675. The molecular weight excluding hydrogens is 293 g/mol. The van der Waals surface area contributed by atoms with Crippen LogP contribution in [0.2, 0.25) is 0 Å². The highest BCUT2D eigenvalue weighted by Crippen LogP contribution is 2.11. The smallest absolute Gasteiger partial charge is 0.248 e. The van der Waals surface area contributed by atoms with Crippen LogP contribution in [-0.2, 0) is 11.3 Å². The van der Waals surface area contributed by atoms with Crippen LogP contribution >= 0.6 is 22.9 Å². The molecule has 0 fully saturated rings.